The zero-order chi connectivity index (χ0) is 18.5. The molecule has 4 rings (SSSR count). The highest BCUT2D eigenvalue weighted by Gasteiger charge is 2.52. The minimum atomic E-state index is -1.57. The van der Waals surface area contributed by atoms with Gasteiger partial charge in [0.1, 0.15) is 5.76 Å². The fourth-order valence-corrected chi connectivity index (χ4v) is 3.34. The van der Waals surface area contributed by atoms with E-state index in [2.05, 4.69) is 10.6 Å². The number of urea groups is 1. The molecule has 1 aromatic carbocycles. The summed E-state index contributed by atoms with van der Waals surface area (Å²) in [6.07, 6.45) is 1.36. The molecule has 4 amide bonds. The summed E-state index contributed by atoms with van der Waals surface area (Å²) in [5, 5.41) is 4.68. The van der Waals surface area contributed by atoms with Gasteiger partial charge in [0.2, 0.25) is 0 Å². The fourth-order valence-electron chi connectivity index (χ4n) is 3.34. The van der Waals surface area contributed by atoms with E-state index in [9.17, 15) is 18.8 Å². The molecule has 0 spiro atoms. The Morgan fingerprint density at radius 1 is 1.31 bits per heavy atom. The molecule has 0 aliphatic carbocycles. The molecule has 1 saturated heterocycles. The predicted octanol–water partition coefficient (Wildman–Crippen LogP) is 1.12. The third-order valence-electron chi connectivity index (χ3n) is 4.59. The molecule has 2 aliphatic heterocycles. The maximum absolute atomic E-state index is 14.5. The minimum absolute atomic E-state index is 0.0355. The second-order valence-corrected chi connectivity index (χ2v) is 6.07. The van der Waals surface area contributed by atoms with E-state index >= 15 is 0 Å². The first kappa shape index (κ1) is 16.1. The smallest absolute Gasteiger partial charge is 0.322 e. The Balaban J connectivity index is 1.70. The molecular weight excluding hydrogens is 345 g/mol. The molecule has 9 heteroatoms. The number of amides is 4. The lowest BCUT2D eigenvalue weighted by molar-refractivity contribution is -0.125. The number of rotatable bonds is 4. The Morgan fingerprint density at radius 3 is 2.73 bits per heavy atom. The van der Waals surface area contributed by atoms with Gasteiger partial charge in [0.15, 0.2) is 17.1 Å². The standard InChI is InChI=1S/C17H14FN3O5/c1-25-10-5-4-9-7-21(14(22)12(9)13(10)18)8-17(11-3-2-6-26-11)15(23)19-16(24)20-17/h2-6H,7-8H2,1H3,(H2,19,20,23,24)/t17-/m0/s1. The molecule has 3 heterocycles. The molecule has 26 heavy (non-hydrogen) atoms. The van der Waals surface area contributed by atoms with Crippen LogP contribution in [0.2, 0.25) is 0 Å². The van der Waals surface area contributed by atoms with Gasteiger partial charge in [-0.3, -0.25) is 14.9 Å². The van der Waals surface area contributed by atoms with Crippen molar-refractivity contribution in [1.82, 2.24) is 15.5 Å². The highest BCUT2D eigenvalue weighted by molar-refractivity contribution is 6.08. The van der Waals surface area contributed by atoms with E-state index in [1.807, 2.05) is 0 Å². The van der Waals surface area contributed by atoms with Crippen LogP contribution in [0, 0.1) is 5.82 Å². The number of benzene rings is 1. The molecule has 1 aromatic heterocycles. The van der Waals surface area contributed by atoms with Gasteiger partial charge in [0, 0.05) is 6.54 Å². The summed E-state index contributed by atoms with van der Waals surface area (Å²) < 4.78 is 24.7. The van der Waals surface area contributed by atoms with Crippen molar-refractivity contribution in [2.24, 2.45) is 0 Å². The van der Waals surface area contributed by atoms with Crippen LogP contribution in [0.25, 0.3) is 0 Å². The zero-order valence-electron chi connectivity index (χ0n) is 13.7. The van der Waals surface area contributed by atoms with Gasteiger partial charge >= 0.3 is 6.03 Å². The van der Waals surface area contributed by atoms with E-state index in [-0.39, 0.29) is 30.2 Å². The number of hydrogen-bond acceptors (Lipinski definition) is 5. The second-order valence-electron chi connectivity index (χ2n) is 6.07. The van der Waals surface area contributed by atoms with Crippen molar-refractivity contribution < 1.29 is 27.9 Å². The highest BCUT2D eigenvalue weighted by atomic mass is 19.1. The van der Waals surface area contributed by atoms with Gasteiger partial charge in [-0.25, -0.2) is 9.18 Å². The minimum Gasteiger partial charge on any atom is -0.494 e. The molecule has 8 nitrogen and oxygen atoms in total. The third-order valence-corrected chi connectivity index (χ3v) is 4.59. The number of carbonyl (C=O) groups is 3. The number of fused-ring (bicyclic) bond motifs is 1. The van der Waals surface area contributed by atoms with Crippen LogP contribution in [0.5, 0.6) is 5.75 Å². The normalized spacial score (nSPS) is 21.6. The van der Waals surface area contributed by atoms with Gasteiger partial charge in [-0.15, -0.1) is 0 Å². The second kappa shape index (κ2) is 5.58. The maximum atomic E-state index is 14.5. The number of furan rings is 1. The van der Waals surface area contributed by atoms with Crippen LogP contribution in [-0.4, -0.2) is 36.4 Å². The first-order chi connectivity index (χ1) is 12.5. The summed E-state index contributed by atoms with van der Waals surface area (Å²) in [6.45, 7) is -0.103. The van der Waals surface area contributed by atoms with E-state index in [0.717, 1.165) is 0 Å². The molecule has 1 fully saturated rings. The molecule has 0 unspecified atom stereocenters. The first-order valence-electron chi connectivity index (χ1n) is 7.78. The molecular formula is C17H14FN3O5. The third kappa shape index (κ3) is 2.17. The fraction of sp³-hybridized carbons (Fsp3) is 0.235. The Bertz CT molecular complexity index is 927. The summed E-state index contributed by atoms with van der Waals surface area (Å²) in [6, 6.07) is 5.45. The van der Waals surface area contributed by atoms with E-state index in [0.29, 0.717) is 5.56 Å². The van der Waals surface area contributed by atoms with Crippen LogP contribution in [-0.2, 0) is 16.9 Å². The largest absolute Gasteiger partial charge is 0.494 e. The number of ether oxygens (including phenoxy) is 1. The average Bonchev–Trinajstić information content (AvgIpc) is 3.29. The lowest BCUT2D eigenvalue weighted by Crippen LogP contribution is -2.52. The molecule has 2 aromatic rings. The van der Waals surface area contributed by atoms with Crippen LogP contribution in [0.1, 0.15) is 21.7 Å². The van der Waals surface area contributed by atoms with E-state index in [4.69, 9.17) is 9.15 Å². The summed E-state index contributed by atoms with van der Waals surface area (Å²) >= 11 is 0. The van der Waals surface area contributed by atoms with Crippen LogP contribution in [0.15, 0.2) is 34.9 Å². The van der Waals surface area contributed by atoms with E-state index in [1.54, 1.807) is 12.1 Å². The number of nitrogens with one attached hydrogen (secondary N) is 2. The van der Waals surface area contributed by atoms with Crippen molar-refractivity contribution in [3.05, 3.63) is 53.2 Å². The van der Waals surface area contributed by atoms with Gasteiger partial charge in [-0.05, 0) is 23.8 Å². The Hall–Kier alpha value is -3.36. The lowest BCUT2D eigenvalue weighted by atomic mass is 9.95. The number of nitrogens with zero attached hydrogens (tertiary/aromatic N) is 1. The lowest BCUT2D eigenvalue weighted by Gasteiger charge is -2.28. The summed E-state index contributed by atoms with van der Waals surface area (Å²) in [4.78, 5) is 38.2. The monoisotopic (exact) mass is 359 g/mol. The quantitative estimate of drug-likeness (QED) is 0.797. The first-order valence-corrected chi connectivity index (χ1v) is 7.78. The van der Waals surface area contributed by atoms with Crippen molar-refractivity contribution in [1.29, 1.82) is 0 Å². The van der Waals surface area contributed by atoms with Gasteiger partial charge in [0.05, 0.1) is 25.5 Å². The van der Waals surface area contributed by atoms with E-state index in [1.165, 1.54) is 30.4 Å². The van der Waals surface area contributed by atoms with Crippen molar-refractivity contribution in [2.75, 3.05) is 13.7 Å². The molecule has 0 radical (unpaired) electrons. The predicted molar refractivity (Wildman–Crippen MR) is 84.8 cm³/mol. The molecule has 1 atom stereocenters. The van der Waals surface area contributed by atoms with Crippen LogP contribution in [0.4, 0.5) is 9.18 Å². The summed E-state index contributed by atoms with van der Waals surface area (Å²) in [5.41, 5.74) is -1.19. The summed E-state index contributed by atoms with van der Waals surface area (Å²) in [7, 11) is 1.31. The highest BCUT2D eigenvalue weighted by Crippen LogP contribution is 2.34. The molecule has 2 aliphatic rings. The molecule has 134 valence electrons. The van der Waals surface area contributed by atoms with Crippen LogP contribution >= 0.6 is 0 Å². The van der Waals surface area contributed by atoms with Crippen molar-refractivity contribution >= 4 is 17.8 Å². The van der Waals surface area contributed by atoms with Gasteiger partial charge in [0.25, 0.3) is 11.8 Å². The number of hydrogen-bond donors (Lipinski definition) is 2. The topological polar surface area (TPSA) is 101 Å². The maximum Gasteiger partial charge on any atom is 0.322 e. The van der Waals surface area contributed by atoms with Gasteiger partial charge < -0.3 is 19.4 Å². The number of imide groups is 1. The number of carbonyl (C=O) groups excluding carboxylic acids is 3. The van der Waals surface area contributed by atoms with Gasteiger partial charge in [-0.1, -0.05) is 6.07 Å². The van der Waals surface area contributed by atoms with Crippen molar-refractivity contribution in [3.63, 3.8) is 0 Å². The Labute approximate surface area is 146 Å². The van der Waals surface area contributed by atoms with Crippen molar-refractivity contribution in [2.45, 2.75) is 12.1 Å². The number of halogens is 1. The number of methoxy groups -OCH3 is 1. The molecule has 2 N–H and O–H groups in total. The molecule has 0 bridgehead atoms. The van der Waals surface area contributed by atoms with Crippen LogP contribution < -0.4 is 15.4 Å². The Morgan fingerprint density at radius 2 is 2.12 bits per heavy atom. The zero-order valence-corrected chi connectivity index (χ0v) is 13.7. The average molecular weight is 359 g/mol. The molecule has 0 saturated carbocycles. The van der Waals surface area contributed by atoms with Crippen LogP contribution in [0.3, 0.4) is 0 Å². The Kier molecular flexibility index (Phi) is 3.46. The van der Waals surface area contributed by atoms with E-state index < -0.39 is 29.2 Å². The summed E-state index contributed by atoms with van der Waals surface area (Å²) in [5.74, 6) is -1.82. The SMILES string of the molecule is COc1ccc2c(c1F)C(=O)N(C[C@@]1(c3ccco3)NC(=O)NC1=O)C2. The van der Waals surface area contributed by atoms with Gasteiger partial charge in [-0.2, -0.15) is 0 Å². The van der Waals surface area contributed by atoms with Crippen molar-refractivity contribution in [3.8, 4) is 5.75 Å².